The highest BCUT2D eigenvalue weighted by Crippen LogP contribution is 2.31. The van der Waals surface area contributed by atoms with Gasteiger partial charge in [-0.05, 0) is 36.5 Å². The number of nitrogens with zero attached hydrogens (tertiary/aromatic N) is 1. The van der Waals surface area contributed by atoms with E-state index in [4.69, 9.17) is 11.6 Å². The Morgan fingerprint density at radius 2 is 2.08 bits per heavy atom. The van der Waals surface area contributed by atoms with Gasteiger partial charge in [-0.15, -0.1) is 11.8 Å². The van der Waals surface area contributed by atoms with Gasteiger partial charge in [0.2, 0.25) is 5.91 Å². The second-order valence-electron chi connectivity index (χ2n) is 7.30. The van der Waals surface area contributed by atoms with Crippen molar-refractivity contribution in [2.24, 2.45) is 18.9 Å². The van der Waals surface area contributed by atoms with Crippen LogP contribution >= 0.6 is 23.4 Å². The molecule has 0 spiro atoms. The molecule has 1 N–H and O–H groups in total. The number of rotatable bonds is 4. The number of nitrogens with one attached hydrogen (secondary N) is 1. The van der Waals surface area contributed by atoms with Crippen LogP contribution in [0.4, 0.5) is 0 Å². The van der Waals surface area contributed by atoms with E-state index >= 15 is 0 Å². The summed E-state index contributed by atoms with van der Waals surface area (Å²) in [5.74, 6) is 1.47. The maximum absolute atomic E-state index is 12.5. The van der Waals surface area contributed by atoms with Gasteiger partial charge in [0.15, 0.2) is 0 Å². The Bertz CT molecular complexity index is 880. The molecule has 1 amide bonds. The van der Waals surface area contributed by atoms with Gasteiger partial charge in [0.25, 0.3) is 5.56 Å². The third-order valence-electron chi connectivity index (χ3n) is 5.58. The van der Waals surface area contributed by atoms with Crippen LogP contribution in [0.3, 0.4) is 0 Å². The number of halogens is 1. The largest absolute Gasteiger partial charge is 0.352 e. The number of aryl methyl sites for hydroxylation is 1. The fraction of sp³-hybridized carbons (Fsp3) is 0.500. The van der Waals surface area contributed by atoms with E-state index in [0.717, 1.165) is 22.2 Å². The molecule has 140 valence electrons. The number of pyridine rings is 1. The Morgan fingerprint density at radius 1 is 1.31 bits per heavy atom. The van der Waals surface area contributed by atoms with E-state index in [-0.39, 0.29) is 17.5 Å². The van der Waals surface area contributed by atoms with Crippen LogP contribution in [0.2, 0.25) is 5.02 Å². The molecule has 1 aromatic heterocycles. The molecule has 0 saturated heterocycles. The molecular formula is C20H25ClN2O2S. The lowest BCUT2D eigenvalue weighted by atomic mass is 9.78. The van der Waals surface area contributed by atoms with Crippen molar-refractivity contribution in [2.75, 3.05) is 5.75 Å². The van der Waals surface area contributed by atoms with Crippen LogP contribution in [0.15, 0.2) is 34.0 Å². The number of carbonyl (C=O) groups is 1. The van der Waals surface area contributed by atoms with E-state index in [1.165, 1.54) is 24.6 Å². The summed E-state index contributed by atoms with van der Waals surface area (Å²) in [7, 11) is 1.74. The van der Waals surface area contributed by atoms with Crippen LogP contribution in [0.5, 0.6) is 0 Å². The monoisotopic (exact) mass is 392 g/mol. The highest BCUT2D eigenvalue weighted by Gasteiger charge is 2.28. The van der Waals surface area contributed by atoms with Gasteiger partial charge in [-0.2, -0.15) is 0 Å². The predicted octanol–water partition coefficient (Wildman–Crippen LogP) is 4.22. The summed E-state index contributed by atoms with van der Waals surface area (Å²) < 4.78 is 1.60. The molecule has 0 aliphatic heterocycles. The van der Waals surface area contributed by atoms with Crippen LogP contribution in [-0.2, 0) is 11.8 Å². The fourth-order valence-electron chi connectivity index (χ4n) is 3.70. The Kier molecular flexibility index (Phi) is 5.98. The summed E-state index contributed by atoms with van der Waals surface area (Å²) in [6.07, 6.45) is 3.45. The van der Waals surface area contributed by atoms with E-state index in [0.29, 0.717) is 22.6 Å². The molecule has 1 heterocycles. The lowest BCUT2D eigenvalue weighted by Crippen LogP contribution is -2.44. The lowest BCUT2D eigenvalue weighted by Gasteiger charge is -2.34. The van der Waals surface area contributed by atoms with Crippen LogP contribution in [0.1, 0.15) is 33.1 Å². The number of carbonyl (C=O) groups excluding carboxylic acids is 1. The van der Waals surface area contributed by atoms with Crippen molar-refractivity contribution in [1.82, 2.24) is 9.88 Å². The summed E-state index contributed by atoms with van der Waals surface area (Å²) in [4.78, 5) is 25.4. The minimum absolute atomic E-state index is 0.0248. The summed E-state index contributed by atoms with van der Waals surface area (Å²) in [5.41, 5.74) is 0.733. The van der Waals surface area contributed by atoms with Crippen molar-refractivity contribution in [3.63, 3.8) is 0 Å². The lowest BCUT2D eigenvalue weighted by molar-refractivity contribution is -0.119. The SMILES string of the molecule is C[C@@H]1[C@H](C)CCC[C@H]1NC(=O)CSc1cc(=O)n(C)c2ccc(Cl)cc12. The molecule has 1 saturated carbocycles. The minimum atomic E-state index is -0.0857. The van der Waals surface area contributed by atoms with E-state index < -0.39 is 0 Å². The number of fused-ring (bicyclic) bond motifs is 1. The number of hydrogen-bond donors (Lipinski definition) is 1. The predicted molar refractivity (Wildman–Crippen MR) is 109 cm³/mol. The molecule has 3 atom stereocenters. The van der Waals surface area contributed by atoms with Crippen molar-refractivity contribution < 1.29 is 4.79 Å². The molecule has 0 bridgehead atoms. The first kappa shape index (κ1) is 19.3. The molecule has 1 aliphatic rings. The zero-order valence-electron chi connectivity index (χ0n) is 15.4. The van der Waals surface area contributed by atoms with Gasteiger partial charge in [-0.25, -0.2) is 0 Å². The zero-order chi connectivity index (χ0) is 18.8. The molecule has 0 radical (unpaired) electrons. The second kappa shape index (κ2) is 8.05. The standard InChI is InChI=1S/C20H25ClN2O2S/c1-12-5-4-6-16(13(12)2)22-19(24)11-26-18-10-20(25)23(3)17-8-7-14(21)9-15(17)18/h7-10,12-13,16H,4-6,11H2,1-3H3,(H,22,24)/t12-,13-,16-/m1/s1. The third-order valence-corrected chi connectivity index (χ3v) is 6.87. The van der Waals surface area contributed by atoms with E-state index in [1.807, 2.05) is 12.1 Å². The van der Waals surface area contributed by atoms with Crippen LogP contribution in [0, 0.1) is 11.8 Å². The van der Waals surface area contributed by atoms with Crippen molar-refractivity contribution in [2.45, 2.75) is 44.0 Å². The molecule has 1 aromatic carbocycles. The van der Waals surface area contributed by atoms with E-state index in [1.54, 1.807) is 23.7 Å². The van der Waals surface area contributed by atoms with Crippen molar-refractivity contribution in [3.8, 4) is 0 Å². The quantitative estimate of drug-likeness (QED) is 0.792. The summed E-state index contributed by atoms with van der Waals surface area (Å²) >= 11 is 7.52. The topological polar surface area (TPSA) is 51.1 Å². The molecule has 0 unspecified atom stereocenters. The highest BCUT2D eigenvalue weighted by molar-refractivity contribution is 8.00. The molecule has 3 rings (SSSR count). The van der Waals surface area contributed by atoms with Gasteiger partial charge in [0.05, 0.1) is 11.3 Å². The van der Waals surface area contributed by atoms with Gasteiger partial charge in [0, 0.05) is 34.5 Å². The molecule has 2 aromatic rings. The van der Waals surface area contributed by atoms with E-state index in [9.17, 15) is 9.59 Å². The van der Waals surface area contributed by atoms with Gasteiger partial charge < -0.3 is 9.88 Å². The minimum Gasteiger partial charge on any atom is -0.352 e. The smallest absolute Gasteiger partial charge is 0.251 e. The molecule has 1 fully saturated rings. The summed E-state index contributed by atoms with van der Waals surface area (Å²) in [5, 5.41) is 4.70. The first-order chi connectivity index (χ1) is 12.4. The number of aromatic nitrogens is 1. The molecule has 26 heavy (non-hydrogen) atoms. The first-order valence-corrected chi connectivity index (χ1v) is 10.4. The number of hydrogen-bond acceptors (Lipinski definition) is 3. The van der Waals surface area contributed by atoms with Gasteiger partial charge >= 0.3 is 0 Å². The van der Waals surface area contributed by atoms with Crippen LogP contribution in [-0.4, -0.2) is 22.3 Å². The summed E-state index contributed by atoms with van der Waals surface area (Å²) in [6, 6.07) is 7.30. The maximum Gasteiger partial charge on any atom is 0.251 e. The third kappa shape index (κ3) is 4.09. The van der Waals surface area contributed by atoms with Gasteiger partial charge in [-0.3, -0.25) is 9.59 Å². The average Bonchev–Trinajstić information content (AvgIpc) is 2.61. The molecular weight excluding hydrogens is 368 g/mol. The number of thioether (sulfide) groups is 1. The first-order valence-electron chi connectivity index (χ1n) is 9.08. The Labute approximate surface area is 163 Å². The Morgan fingerprint density at radius 3 is 2.85 bits per heavy atom. The zero-order valence-corrected chi connectivity index (χ0v) is 17.0. The maximum atomic E-state index is 12.5. The number of amides is 1. The number of benzene rings is 1. The highest BCUT2D eigenvalue weighted by atomic mass is 35.5. The van der Waals surface area contributed by atoms with Crippen molar-refractivity contribution >= 4 is 40.2 Å². The van der Waals surface area contributed by atoms with Crippen LogP contribution < -0.4 is 10.9 Å². The second-order valence-corrected chi connectivity index (χ2v) is 8.75. The Balaban J connectivity index is 1.73. The molecule has 1 aliphatic carbocycles. The Hall–Kier alpha value is -1.46. The molecule has 6 heteroatoms. The average molecular weight is 393 g/mol. The normalized spacial score (nSPS) is 23.2. The summed E-state index contributed by atoms with van der Waals surface area (Å²) in [6.45, 7) is 4.48. The van der Waals surface area contributed by atoms with Gasteiger partial charge in [0.1, 0.15) is 0 Å². The van der Waals surface area contributed by atoms with Crippen molar-refractivity contribution in [1.29, 1.82) is 0 Å². The fourth-order valence-corrected chi connectivity index (χ4v) is 4.75. The molecule has 4 nitrogen and oxygen atoms in total. The van der Waals surface area contributed by atoms with E-state index in [2.05, 4.69) is 19.2 Å². The van der Waals surface area contributed by atoms with Gasteiger partial charge in [-0.1, -0.05) is 38.3 Å². The van der Waals surface area contributed by atoms with Crippen LogP contribution in [0.25, 0.3) is 10.9 Å². The van der Waals surface area contributed by atoms with Crippen molar-refractivity contribution in [3.05, 3.63) is 39.6 Å².